The van der Waals surface area contributed by atoms with E-state index in [9.17, 15) is 13.2 Å². The van der Waals surface area contributed by atoms with Gasteiger partial charge >= 0.3 is 6.09 Å². The third-order valence-electron chi connectivity index (χ3n) is 3.41. The van der Waals surface area contributed by atoms with Crippen LogP contribution >= 0.6 is 0 Å². The number of nitrogens with zero attached hydrogens (tertiary/aromatic N) is 1. The third kappa shape index (κ3) is 3.62. The molecule has 0 saturated heterocycles. The number of methoxy groups -OCH3 is 1. The van der Waals surface area contributed by atoms with Crippen LogP contribution in [0.25, 0.3) is 0 Å². The monoisotopic (exact) mass is 328 g/mol. The summed E-state index contributed by atoms with van der Waals surface area (Å²) in [4.78, 5) is 11.6. The van der Waals surface area contributed by atoms with Crippen molar-refractivity contribution in [3.8, 4) is 5.75 Å². The minimum absolute atomic E-state index is 0.178. The number of benzene rings is 1. The summed E-state index contributed by atoms with van der Waals surface area (Å²) < 4.78 is 35.3. The van der Waals surface area contributed by atoms with E-state index in [0.29, 0.717) is 17.9 Å². The Morgan fingerprint density at radius 1 is 1.45 bits per heavy atom. The highest BCUT2D eigenvalue weighted by Crippen LogP contribution is 2.32. The molecule has 1 aromatic rings. The Kier molecular flexibility index (Phi) is 4.80. The van der Waals surface area contributed by atoms with Gasteiger partial charge in [-0.1, -0.05) is 0 Å². The van der Waals surface area contributed by atoms with Crippen LogP contribution in [0.4, 0.5) is 10.5 Å². The molecule has 1 aliphatic rings. The third-order valence-corrected chi connectivity index (χ3v) is 4.55. The number of hydrogen-bond donors (Lipinski definition) is 1. The Morgan fingerprint density at radius 3 is 2.77 bits per heavy atom. The number of hydrogen-bond acceptors (Lipinski definition) is 5. The van der Waals surface area contributed by atoms with Crippen LogP contribution < -0.4 is 14.4 Å². The Morgan fingerprint density at radius 2 is 2.18 bits per heavy atom. The van der Waals surface area contributed by atoms with Crippen molar-refractivity contribution in [3.63, 3.8) is 0 Å². The average Bonchev–Trinajstić information content (AvgIpc) is 2.45. The molecule has 0 fully saturated rings. The fraction of sp³-hybridized carbons (Fsp3) is 0.500. The lowest BCUT2D eigenvalue weighted by molar-refractivity contribution is 0.148. The van der Waals surface area contributed by atoms with Crippen LogP contribution in [0.3, 0.4) is 0 Å². The second-order valence-corrected chi connectivity index (χ2v) is 6.96. The molecule has 0 spiro atoms. The van der Waals surface area contributed by atoms with E-state index in [2.05, 4.69) is 5.32 Å². The first-order valence-corrected chi connectivity index (χ1v) is 8.78. The molecular weight excluding hydrogens is 308 g/mol. The van der Waals surface area contributed by atoms with E-state index in [1.807, 2.05) is 0 Å². The molecule has 0 radical (unpaired) electrons. The van der Waals surface area contributed by atoms with Crippen molar-refractivity contribution in [3.05, 3.63) is 23.8 Å². The SMILES string of the molecule is CCOC(=O)NC1Cc2cc(OC)ccc2N(S(C)(=O)=O)C1. The highest BCUT2D eigenvalue weighted by Gasteiger charge is 2.31. The number of fused-ring (bicyclic) bond motifs is 1. The topological polar surface area (TPSA) is 84.9 Å². The molecule has 0 aromatic heterocycles. The first kappa shape index (κ1) is 16.4. The number of amides is 1. The molecule has 0 aliphatic carbocycles. The predicted octanol–water partition coefficient (Wildman–Crippen LogP) is 1.13. The van der Waals surface area contributed by atoms with Gasteiger partial charge in [0, 0.05) is 0 Å². The minimum atomic E-state index is -3.44. The summed E-state index contributed by atoms with van der Waals surface area (Å²) in [7, 11) is -1.89. The zero-order valence-electron chi connectivity index (χ0n) is 12.8. The first-order chi connectivity index (χ1) is 10.3. The van der Waals surface area contributed by atoms with E-state index in [4.69, 9.17) is 9.47 Å². The van der Waals surface area contributed by atoms with Crippen LogP contribution in [0.2, 0.25) is 0 Å². The van der Waals surface area contributed by atoms with Gasteiger partial charge in [-0.05, 0) is 37.1 Å². The summed E-state index contributed by atoms with van der Waals surface area (Å²) in [6, 6.07) is 4.87. The molecule has 2 rings (SSSR count). The van der Waals surface area contributed by atoms with Crippen LogP contribution in [0.15, 0.2) is 18.2 Å². The molecule has 8 heteroatoms. The maximum Gasteiger partial charge on any atom is 0.407 e. The van der Waals surface area contributed by atoms with Crippen LogP contribution in [0.5, 0.6) is 5.75 Å². The molecule has 1 N–H and O–H groups in total. The summed E-state index contributed by atoms with van der Waals surface area (Å²) in [5.74, 6) is 0.643. The first-order valence-electron chi connectivity index (χ1n) is 6.93. The Balaban J connectivity index is 2.32. The summed E-state index contributed by atoms with van der Waals surface area (Å²) in [5.41, 5.74) is 1.42. The van der Waals surface area contributed by atoms with Crippen molar-refractivity contribution >= 4 is 21.8 Å². The van der Waals surface area contributed by atoms with Crippen molar-refractivity contribution in [1.29, 1.82) is 0 Å². The number of carbonyl (C=O) groups excluding carboxylic acids is 1. The number of ether oxygens (including phenoxy) is 2. The number of rotatable bonds is 4. The molecule has 1 atom stereocenters. The molecule has 1 amide bonds. The number of nitrogens with one attached hydrogen (secondary N) is 1. The zero-order chi connectivity index (χ0) is 16.3. The fourth-order valence-corrected chi connectivity index (χ4v) is 3.46. The Hall–Kier alpha value is -1.96. The predicted molar refractivity (Wildman–Crippen MR) is 82.8 cm³/mol. The summed E-state index contributed by atoms with van der Waals surface area (Å²) in [6.07, 6.45) is 1.11. The largest absolute Gasteiger partial charge is 0.497 e. The van der Waals surface area contributed by atoms with Gasteiger partial charge in [0.15, 0.2) is 0 Å². The van der Waals surface area contributed by atoms with Gasteiger partial charge in [-0.2, -0.15) is 0 Å². The van der Waals surface area contributed by atoms with E-state index in [1.54, 1.807) is 32.2 Å². The molecule has 122 valence electrons. The molecule has 7 nitrogen and oxygen atoms in total. The van der Waals surface area contributed by atoms with Gasteiger partial charge in [-0.25, -0.2) is 13.2 Å². The van der Waals surface area contributed by atoms with Crippen molar-refractivity contribution in [2.75, 3.05) is 30.8 Å². The Bertz CT molecular complexity index is 659. The lowest BCUT2D eigenvalue weighted by Gasteiger charge is -2.34. The maximum absolute atomic E-state index is 12.0. The van der Waals surface area contributed by atoms with E-state index in [1.165, 1.54) is 4.31 Å². The lowest BCUT2D eigenvalue weighted by Crippen LogP contribution is -2.50. The molecule has 22 heavy (non-hydrogen) atoms. The van der Waals surface area contributed by atoms with Crippen molar-refractivity contribution < 1.29 is 22.7 Å². The van der Waals surface area contributed by atoms with Gasteiger partial charge in [-0.15, -0.1) is 0 Å². The van der Waals surface area contributed by atoms with Crippen LogP contribution in [0, 0.1) is 0 Å². The molecule has 1 unspecified atom stereocenters. The molecular formula is C14H20N2O5S. The smallest absolute Gasteiger partial charge is 0.407 e. The highest BCUT2D eigenvalue weighted by molar-refractivity contribution is 7.92. The zero-order valence-corrected chi connectivity index (χ0v) is 13.6. The molecule has 0 bridgehead atoms. The number of alkyl carbamates (subject to hydrolysis) is 1. The van der Waals surface area contributed by atoms with Crippen molar-refractivity contribution in [2.45, 2.75) is 19.4 Å². The fourth-order valence-electron chi connectivity index (χ4n) is 2.47. The number of anilines is 1. The van der Waals surface area contributed by atoms with Crippen LogP contribution in [-0.4, -0.2) is 47.1 Å². The van der Waals surface area contributed by atoms with Gasteiger partial charge < -0.3 is 14.8 Å². The van der Waals surface area contributed by atoms with Gasteiger partial charge in [0.1, 0.15) is 5.75 Å². The average molecular weight is 328 g/mol. The standard InChI is InChI=1S/C14H20N2O5S/c1-4-21-14(17)15-11-7-10-8-12(20-2)5-6-13(10)16(9-11)22(3,18)19/h5-6,8,11H,4,7,9H2,1-3H3,(H,15,17). The molecule has 0 saturated carbocycles. The molecule has 1 heterocycles. The second kappa shape index (κ2) is 6.43. The van der Waals surface area contributed by atoms with Gasteiger partial charge in [0.05, 0.1) is 38.2 Å². The van der Waals surface area contributed by atoms with Crippen molar-refractivity contribution in [1.82, 2.24) is 5.32 Å². The second-order valence-electron chi connectivity index (χ2n) is 5.05. The number of sulfonamides is 1. The van der Waals surface area contributed by atoms with E-state index < -0.39 is 16.1 Å². The van der Waals surface area contributed by atoms with Gasteiger partial charge in [0.25, 0.3) is 0 Å². The lowest BCUT2D eigenvalue weighted by atomic mass is 9.99. The quantitative estimate of drug-likeness (QED) is 0.895. The summed E-state index contributed by atoms with van der Waals surface area (Å²) in [6.45, 7) is 2.15. The summed E-state index contributed by atoms with van der Waals surface area (Å²) >= 11 is 0. The minimum Gasteiger partial charge on any atom is -0.497 e. The molecule has 1 aliphatic heterocycles. The van der Waals surface area contributed by atoms with E-state index >= 15 is 0 Å². The maximum atomic E-state index is 12.0. The normalized spacial score (nSPS) is 17.6. The Labute approximate surface area is 130 Å². The number of carbonyl (C=O) groups is 1. The van der Waals surface area contributed by atoms with Gasteiger partial charge in [-0.3, -0.25) is 4.31 Å². The van der Waals surface area contributed by atoms with Gasteiger partial charge in [0.2, 0.25) is 10.0 Å². The van der Waals surface area contributed by atoms with Crippen LogP contribution in [0.1, 0.15) is 12.5 Å². The highest BCUT2D eigenvalue weighted by atomic mass is 32.2. The van der Waals surface area contributed by atoms with Crippen molar-refractivity contribution in [2.24, 2.45) is 0 Å². The molecule has 1 aromatic carbocycles. The summed E-state index contributed by atoms with van der Waals surface area (Å²) in [5, 5.41) is 2.69. The van der Waals surface area contributed by atoms with E-state index in [0.717, 1.165) is 11.8 Å². The van der Waals surface area contributed by atoms with E-state index in [-0.39, 0.29) is 19.2 Å². The van der Waals surface area contributed by atoms with Crippen LogP contribution in [-0.2, 0) is 21.2 Å².